The van der Waals surface area contributed by atoms with Crippen molar-refractivity contribution in [1.29, 1.82) is 0 Å². The SMILES string of the molecule is COc1ccc(C(NCCCS(C)(=O)=O)C2CC2)cc1. The summed E-state index contributed by atoms with van der Waals surface area (Å²) in [6.45, 7) is 0.736. The molecule has 20 heavy (non-hydrogen) atoms. The molecule has 0 saturated heterocycles. The van der Waals surface area contributed by atoms with Gasteiger partial charge in [-0.25, -0.2) is 8.42 Å². The van der Waals surface area contributed by atoms with Gasteiger partial charge in [-0.2, -0.15) is 0 Å². The fourth-order valence-corrected chi connectivity index (χ4v) is 3.06. The van der Waals surface area contributed by atoms with Crippen molar-refractivity contribution in [3.05, 3.63) is 29.8 Å². The van der Waals surface area contributed by atoms with Crippen LogP contribution >= 0.6 is 0 Å². The van der Waals surface area contributed by atoms with Crippen LogP contribution in [0.4, 0.5) is 0 Å². The molecule has 4 nitrogen and oxygen atoms in total. The largest absolute Gasteiger partial charge is 0.497 e. The maximum absolute atomic E-state index is 11.1. The first-order valence-corrected chi connectivity index (χ1v) is 9.11. The molecule has 1 aromatic carbocycles. The molecular formula is C15H23NO3S. The fourth-order valence-electron chi connectivity index (χ4n) is 2.39. The van der Waals surface area contributed by atoms with Gasteiger partial charge in [-0.05, 0) is 49.4 Å². The molecule has 5 heteroatoms. The van der Waals surface area contributed by atoms with E-state index in [9.17, 15) is 8.42 Å². The van der Waals surface area contributed by atoms with E-state index >= 15 is 0 Å². The van der Waals surface area contributed by atoms with E-state index < -0.39 is 9.84 Å². The smallest absolute Gasteiger partial charge is 0.147 e. The summed E-state index contributed by atoms with van der Waals surface area (Å²) in [4.78, 5) is 0. The summed E-state index contributed by atoms with van der Waals surface area (Å²) in [5.41, 5.74) is 1.26. The van der Waals surface area contributed by atoms with E-state index in [0.717, 1.165) is 12.3 Å². The van der Waals surface area contributed by atoms with Gasteiger partial charge in [0.25, 0.3) is 0 Å². The molecule has 0 spiro atoms. The molecule has 112 valence electrons. The minimum Gasteiger partial charge on any atom is -0.497 e. The summed E-state index contributed by atoms with van der Waals surface area (Å²) in [6, 6.07) is 8.46. The maximum Gasteiger partial charge on any atom is 0.147 e. The molecule has 0 bridgehead atoms. The predicted molar refractivity (Wildman–Crippen MR) is 80.8 cm³/mol. The topological polar surface area (TPSA) is 55.4 Å². The van der Waals surface area contributed by atoms with Crippen molar-refractivity contribution in [2.75, 3.05) is 25.7 Å². The lowest BCUT2D eigenvalue weighted by Crippen LogP contribution is -2.25. The van der Waals surface area contributed by atoms with Gasteiger partial charge in [-0.3, -0.25) is 0 Å². The second-order valence-corrected chi connectivity index (χ2v) is 7.79. The van der Waals surface area contributed by atoms with Crippen molar-refractivity contribution in [1.82, 2.24) is 5.32 Å². The standard InChI is InChI=1S/C15H23NO3S/c1-19-14-8-6-13(7-9-14)15(12-4-5-12)16-10-3-11-20(2,17)18/h6-9,12,15-16H,3-5,10-11H2,1-2H3. The second-order valence-electron chi connectivity index (χ2n) is 5.53. The molecule has 1 aliphatic carbocycles. The molecule has 0 amide bonds. The molecule has 1 fully saturated rings. The number of hydrogen-bond acceptors (Lipinski definition) is 4. The number of sulfone groups is 1. The van der Waals surface area contributed by atoms with Crippen molar-refractivity contribution in [2.24, 2.45) is 5.92 Å². The quantitative estimate of drug-likeness (QED) is 0.747. The lowest BCUT2D eigenvalue weighted by Gasteiger charge is -2.19. The Hall–Kier alpha value is -1.07. The van der Waals surface area contributed by atoms with Gasteiger partial charge < -0.3 is 10.1 Å². The van der Waals surface area contributed by atoms with Crippen LogP contribution in [-0.2, 0) is 9.84 Å². The normalized spacial score (nSPS) is 16.9. The zero-order valence-electron chi connectivity index (χ0n) is 12.1. The summed E-state index contributed by atoms with van der Waals surface area (Å²) in [5, 5.41) is 3.50. The first-order valence-electron chi connectivity index (χ1n) is 7.04. The molecule has 2 rings (SSSR count). The Kier molecular flexibility index (Phi) is 5.05. The van der Waals surface area contributed by atoms with Crippen LogP contribution in [0.1, 0.15) is 30.9 Å². The molecule has 1 aromatic rings. The second kappa shape index (κ2) is 6.59. The summed E-state index contributed by atoms with van der Waals surface area (Å²) in [5.74, 6) is 1.79. The third-order valence-corrected chi connectivity index (χ3v) is 4.65. The molecule has 1 atom stereocenters. The number of methoxy groups -OCH3 is 1. The Morgan fingerprint density at radius 2 is 1.95 bits per heavy atom. The molecule has 1 saturated carbocycles. The van der Waals surface area contributed by atoms with Crippen LogP contribution in [0.3, 0.4) is 0 Å². The Labute approximate surface area is 121 Å². The molecule has 1 unspecified atom stereocenters. The lowest BCUT2D eigenvalue weighted by molar-refractivity contribution is 0.413. The van der Waals surface area contributed by atoms with Gasteiger partial charge in [-0.1, -0.05) is 12.1 Å². The first-order chi connectivity index (χ1) is 9.49. The Morgan fingerprint density at radius 1 is 1.30 bits per heavy atom. The number of hydrogen-bond donors (Lipinski definition) is 1. The summed E-state index contributed by atoms with van der Waals surface area (Å²) in [7, 11) is -1.19. The highest BCUT2D eigenvalue weighted by atomic mass is 32.2. The van der Waals surface area contributed by atoms with Crippen LogP contribution < -0.4 is 10.1 Å². The molecular weight excluding hydrogens is 274 g/mol. The van der Waals surface area contributed by atoms with E-state index in [0.29, 0.717) is 18.4 Å². The zero-order chi connectivity index (χ0) is 14.6. The Bertz CT molecular complexity index is 521. The summed E-state index contributed by atoms with van der Waals surface area (Å²) >= 11 is 0. The van der Waals surface area contributed by atoms with E-state index in [4.69, 9.17) is 4.74 Å². The zero-order valence-corrected chi connectivity index (χ0v) is 12.9. The molecule has 0 radical (unpaired) electrons. The van der Waals surface area contributed by atoms with Gasteiger partial charge in [0, 0.05) is 12.3 Å². The fraction of sp³-hybridized carbons (Fsp3) is 0.600. The number of ether oxygens (including phenoxy) is 1. The van der Waals surface area contributed by atoms with E-state index in [-0.39, 0.29) is 5.75 Å². The van der Waals surface area contributed by atoms with Crippen molar-refractivity contribution in [3.63, 3.8) is 0 Å². The summed E-state index contributed by atoms with van der Waals surface area (Å²) in [6.07, 6.45) is 4.44. The Morgan fingerprint density at radius 3 is 2.45 bits per heavy atom. The van der Waals surface area contributed by atoms with Crippen LogP contribution in [0, 0.1) is 5.92 Å². The Balaban J connectivity index is 1.90. The van der Waals surface area contributed by atoms with Crippen molar-refractivity contribution in [2.45, 2.75) is 25.3 Å². The van der Waals surface area contributed by atoms with Crippen molar-refractivity contribution < 1.29 is 13.2 Å². The van der Waals surface area contributed by atoms with Crippen molar-refractivity contribution >= 4 is 9.84 Å². The van der Waals surface area contributed by atoms with Gasteiger partial charge >= 0.3 is 0 Å². The van der Waals surface area contributed by atoms with E-state index in [2.05, 4.69) is 17.4 Å². The molecule has 1 aliphatic rings. The number of benzene rings is 1. The first kappa shape index (κ1) is 15.3. The van der Waals surface area contributed by atoms with Crippen LogP contribution in [0.5, 0.6) is 5.75 Å². The van der Waals surface area contributed by atoms with Gasteiger partial charge in [-0.15, -0.1) is 0 Å². The van der Waals surface area contributed by atoms with E-state index in [1.165, 1.54) is 24.7 Å². The minimum absolute atomic E-state index is 0.250. The van der Waals surface area contributed by atoms with Gasteiger partial charge in [0.15, 0.2) is 0 Å². The van der Waals surface area contributed by atoms with Crippen LogP contribution in [0.25, 0.3) is 0 Å². The van der Waals surface area contributed by atoms with Gasteiger partial charge in [0.05, 0.1) is 12.9 Å². The highest BCUT2D eigenvalue weighted by molar-refractivity contribution is 7.90. The number of nitrogens with one attached hydrogen (secondary N) is 1. The molecule has 1 N–H and O–H groups in total. The third kappa shape index (κ3) is 4.80. The highest BCUT2D eigenvalue weighted by Gasteiger charge is 2.31. The highest BCUT2D eigenvalue weighted by Crippen LogP contribution is 2.41. The predicted octanol–water partition coefficient (Wildman–Crippen LogP) is 2.17. The molecule has 0 heterocycles. The molecule has 0 aliphatic heterocycles. The lowest BCUT2D eigenvalue weighted by atomic mass is 10.0. The average molecular weight is 297 g/mol. The van der Waals surface area contributed by atoms with Crippen LogP contribution in [0.2, 0.25) is 0 Å². The third-order valence-electron chi connectivity index (χ3n) is 3.62. The summed E-state index contributed by atoms with van der Waals surface area (Å²) < 4.78 is 27.4. The average Bonchev–Trinajstić information content (AvgIpc) is 3.22. The van der Waals surface area contributed by atoms with E-state index in [1.807, 2.05) is 12.1 Å². The van der Waals surface area contributed by atoms with Crippen molar-refractivity contribution in [3.8, 4) is 5.75 Å². The van der Waals surface area contributed by atoms with E-state index in [1.54, 1.807) is 7.11 Å². The minimum atomic E-state index is -2.86. The van der Waals surface area contributed by atoms with Gasteiger partial charge in [0.2, 0.25) is 0 Å². The maximum atomic E-state index is 11.1. The van der Waals surface area contributed by atoms with Gasteiger partial charge in [0.1, 0.15) is 15.6 Å². The van der Waals surface area contributed by atoms with Crippen LogP contribution in [0.15, 0.2) is 24.3 Å². The monoisotopic (exact) mass is 297 g/mol. The van der Waals surface area contributed by atoms with Crippen LogP contribution in [-0.4, -0.2) is 34.1 Å². The molecule has 0 aromatic heterocycles. The number of rotatable bonds is 8.